The van der Waals surface area contributed by atoms with Gasteiger partial charge < -0.3 is 15.4 Å². The number of nitrogens with zero attached hydrogens (tertiary/aromatic N) is 2. The van der Waals surface area contributed by atoms with Gasteiger partial charge in [0.25, 0.3) is 10.9 Å². The normalized spacial score (nSPS) is 15.2. The summed E-state index contributed by atoms with van der Waals surface area (Å²) in [5.74, 6) is 0.817. The van der Waals surface area contributed by atoms with E-state index in [1.807, 2.05) is 24.3 Å². The number of nitrogens with one attached hydrogen (secondary N) is 2. The lowest BCUT2D eigenvalue weighted by molar-refractivity contribution is 0.256. The first-order chi connectivity index (χ1) is 14.7. The number of rotatable bonds is 9. The van der Waals surface area contributed by atoms with Crippen LogP contribution < -0.4 is 26.2 Å². The second-order valence-corrected chi connectivity index (χ2v) is 7.53. The van der Waals surface area contributed by atoms with Crippen molar-refractivity contribution in [1.82, 2.24) is 9.88 Å². The summed E-state index contributed by atoms with van der Waals surface area (Å²) in [4.78, 5) is 30.7. The van der Waals surface area contributed by atoms with Crippen LogP contribution in [0.15, 0.2) is 58.4 Å². The van der Waals surface area contributed by atoms with E-state index < -0.39 is 10.9 Å². The van der Waals surface area contributed by atoms with E-state index in [-0.39, 0.29) is 6.04 Å². The number of benzene rings is 1. The average Bonchev–Trinajstić information content (AvgIpc) is 3.33. The molecule has 2 heterocycles. The first kappa shape index (κ1) is 20.1. The first-order valence-corrected chi connectivity index (χ1v) is 10.3. The van der Waals surface area contributed by atoms with Gasteiger partial charge in [0.1, 0.15) is 17.1 Å². The van der Waals surface area contributed by atoms with Gasteiger partial charge in [-0.05, 0) is 61.3 Å². The minimum atomic E-state index is -0.464. The Labute approximate surface area is 175 Å². The monoisotopic (exact) mass is 406 g/mol. The fourth-order valence-electron chi connectivity index (χ4n) is 3.96. The van der Waals surface area contributed by atoms with Gasteiger partial charge in [-0.1, -0.05) is 12.1 Å². The molecule has 1 saturated heterocycles. The number of methoxy groups -OCH3 is 1. The van der Waals surface area contributed by atoms with Crippen LogP contribution in [0.1, 0.15) is 30.0 Å². The molecule has 0 amide bonds. The predicted molar refractivity (Wildman–Crippen MR) is 118 cm³/mol. The standard InChI is InChI=1S/C23H26N4O3/c1-30-18-6-4-17(5-7-18)19(27-12-2-3-13-27)15-26-21-20(22(28)23(21)29)25-14-16-8-10-24-11-9-16/h4-11,19,25-26H,2-3,12-15H2,1H3/t19-/m0/s1. The summed E-state index contributed by atoms with van der Waals surface area (Å²) in [7, 11) is 1.65. The van der Waals surface area contributed by atoms with Gasteiger partial charge in [0.15, 0.2) is 0 Å². The minimum Gasteiger partial charge on any atom is -0.497 e. The lowest BCUT2D eigenvalue weighted by atomic mass is 10.0. The van der Waals surface area contributed by atoms with Crippen LogP contribution in [-0.4, -0.2) is 36.6 Å². The Kier molecular flexibility index (Phi) is 6.09. The molecule has 0 radical (unpaired) electrons. The second kappa shape index (κ2) is 9.09. The molecule has 1 aliphatic rings. The summed E-state index contributed by atoms with van der Waals surface area (Å²) < 4.78 is 5.27. The van der Waals surface area contributed by atoms with Gasteiger partial charge in [0, 0.05) is 25.5 Å². The maximum Gasteiger partial charge on any atom is 0.253 e. The molecule has 7 heteroatoms. The highest BCUT2D eigenvalue weighted by molar-refractivity contribution is 5.74. The van der Waals surface area contributed by atoms with Crippen molar-refractivity contribution < 1.29 is 4.74 Å². The number of hydrogen-bond acceptors (Lipinski definition) is 7. The summed E-state index contributed by atoms with van der Waals surface area (Å²) in [6.07, 6.45) is 5.75. The van der Waals surface area contributed by atoms with E-state index in [9.17, 15) is 9.59 Å². The fraction of sp³-hybridized carbons (Fsp3) is 0.348. The Morgan fingerprint density at radius 2 is 1.60 bits per heavy atom. The molecule has 2 N–H and O–H groups in total. The number of likely N-dealkylation sites (tertiary alicyclic amines) is 1. The molecular formula is C23H26N4O3. The molecule has 7 nitrogen and oxygen atoms in total. The lowest BCUT2D eigenvalue weighted by Gasteiger charge is -2.29. The molecular weight excluding hydrogens is 380 g/mol. The minimum absolute atomic E-state index is 0.121. The van der Waals surface area contributed by atoms with Crippen LogP contribution in [0.25, 0.3) is 0 Å². The molecule has 0 spiro atoms. The molecule has 2 aromatic carbocycles. The zero-order chi connectivity index (χ0) is 20.9. The van der Waals surface area contributed by atoms with Crippen LogP contribution in [0.5, 0.6) is 5.75 Å². The Balaban J connectivity index is 1.47. The van der Waals surface area contributed by atoms with E-state index in [0.29, 0.717) is 24.5 Å². The largest absolute Gasteiger partial charge is 0.497 e. The van der Waals surface area contributed by atoms with Crippen LogP contribution in [-0.2, 0) is 6.54 Å². The summed E-state index contributed by atoms with van der Waals surface area (Å²) in [6, 6.07) is 11.9. The van der Waals surface area contributed by atoms with E-state index in [1.54, 1.807) is 19.5 Å². The lowest BCUT2D eigenvalue weighted by Crippen LogP contribution is -2.39. The molecule has 3 aromatic rings. The smallest absolute Gasteiger partial charge is 0.253 e. The maximum atomic E-state index is 12.2. The van der Waals surface area contributed by atoms with Gasteiger partial charge >= 0.3 is 0 Å². The molecule has 0 bridgehead atoms. The fourth-order valence-corrected chi connectivity index (χ4v) is 3.96. The number of hydrogen-bond donors (Lipinski definition) is 2. The van der Waals surface area contributed by atoms with E-state index >= 15 is 0 Å². The predicted octanol–water partition coefficient (Wildman–Crippen LogP) is 2.55. The summed E-state index contributed by atoms with van der Waals surface area (Å²) >= 11 is 0. The Morgan fingerprint density at radius 1 is 0.967 bits per heavy atom. The van der Waals surface area contributed by atoms with Crippen molar-refractivity contribution in [1.29, 1.82) is 0 Å². The summed E-state index contributed by atoms with van der Waals surface area (Å²) in [5.41, 5.74) is 1.99. The van der Waals surface area contributed by atoms with Crippen LogP contribution in [0, 0.1) is 0 Å². The highest BCUT2D eigenvalue weighted by Gasteiger charge is 2.26. The van der Waals surface area contributed by atoms with Crippen LogP contribution >= 0.6 is 0 Å². The highest BCUT2D eigenvalue weighted by Crippen LogP contribution is 2.28. The first-order valence-electron chi connectivity index (χ1n) is 10.3. The maximum absolute atomic E-state index is 12.2. The van der Waals surface area contributed by atoms with E-state index in [0.717, 1.165) is 30.0 Å². The molecule has 1 atom stereocenters. The quantitative estimate of drug-likeness (QED) is 0.529. The number of pyridine rings is 1. The highest BCUT2D eigenvalue weighted by atomic mass is 16.5. The zero-order valence-corrected chi connectivity index (χ0v) is 17.1. The van der Waals surface area contributed by atoms with Gasteiger partial charge in [-0.15, -0.1) is 0 Å². The Bertz CT molecular complexity index is 1040. The van der Waals surface area contributed by atoms with Crippen LogP contribution in [0.2, 0.25) is 0 Å². The van der Waals surface area contributed by atoms with E-state index in [1.165, 1.54) is 12.8 Å². The summed E-state index contributed by atoms with van der Waals surface area (Å²) in [6.45, 7) is 3.08. The van der Waals surface area contributed by atoms with Crippen molar-refractivity contribution >= 4 is 11.4 Å². The third-order valence-electron chi connectivity index (χ3n) is 5.68. The van der Waals surface area contributed by atoms with Gasteiger partial charge in [-0.2, -0.15) is 0 Å². The average molecular weight is 406 g/mol. The zero-order valence-electron chi connectivity index (χ0n) is 17.1. The van der Waals surface area contributed by atoms with Crippen LogP contribution in [0.3, 0.4) is 0 Å². The molecule has 156 valence electrons. The molecule has 1 fully saturated rings. The van der Waals surface area contributed by atoms with Gasteiger partial charge in [0.05, 0.1) is 13.2 Å². The van der Waals surface area contributed by atoms with E-state index in [4.69, 9.17) is 4.74 Å². The van der Waals surface area contributed by atoms with E-state index in [2.05, 4.69) is 32.7 Å². The van der Waals surface area contributed by atoms with Crippen molar-refractivity contribution in [3.05, 3.63) is 80.4 Å². The van der Waals surface area contributed by atoms with Crippen molar-refractivity contribution in [2.45, 2.75) is 25.4 Å². The number of aromatic nitrogens is 1. The molecule has 30 heavy (non-hydrogen) atoms. The molecule has 0 unspecified atom stereocenters. The van der Waals surface area contributed by atoms with Gasteiger partial charge in [-0.3, -0.25) is 19.5 Å². The van der Waals surface area contributed by atoms with Gasteiger partial charge in [-0.25, -0.2) is 0 Å². The second-order valence-electron chi connectivity index (χ2n) is 7.53. The summed E-state index contributed by atoms with van der Waals surface area (Å²) in [5, 5.41) is 6.35. The van der Waals surface area contributed by atoms with Crippen molar-refractivity contribution in [2.75, 3.05) is 37.4 Å². The van der Waals surface area contributed by atoms with Crippen molar-refractivity contribution in [3.63, 3.8) is 0 Å². The Hall–Kier alpha value is -3.19. The molecule has 4 rings (SSSR count). The number of anilines is 2. The third kappa shape index (κ3) is 4.21. The Morgan fingerprint density at radius 3 is 2.23 bits per heavy atom. The van der Waals surface area contributed by atoms with Crippen LogP contribution in [0.4, 0.5) is 11.4 Å². The SMILES string of the molecule is COc1ccc([C@H](CNc2c(NCc3ccncc3)c(=O)c2=O)N2CCCC2)cc1. The van der Waals surface area contributed by atoms with Crippen molar-refractivity contribution in [3.8, 4) is 5.75 Å². The topological polar surface area (TPSA) is 83.6 Å². The third-order valence-corrected chi connectivity index (χ3v) is 5.68. The molecule has 0 aliphatic carbocycles. The van der Waals surface area contributed by atoms with Crippen molar-refractivity contribution in [2.24, 2.45) is 0 Å². The number of ether oxygens (including phenoxy) is 1. The molecule has 1 aromatic heterocycles. The molecule has 1 aliphatic heterocycles. The van der Waals surface area contributed by atoms with Gasteiger partial charge in [0.2, 0.25) is 0 Å². The molecule has 0 saturated carbocycles.